The molecule has 0 spiro atoms. The molecule has 6 heteroatoms. The number of halogens is 2. The van der Waals surface area contributed by atoms with Crippen LogP contribution in [0.3, 0.4) is 0 Å². The smallest absolute Gasteiger partial charge is 0.137 e. The zero-order valence-corrected chi connectivity index (χ0v) is 12.4. The van der Waals surface area contributed by atoms with E-state index in [2.05, 4.69) is 10.4 Å². The van der Waals surface area contributed by atoms with Crippen molar-refractivity contribution in [1.82, 2.24) is 10.4 Å². The second-order valence-corrected chi connectivity index (χ2v) is 4.95. The first-order chi connectivity index (χ1) is 10.1. The maximum Gasteiger partial charge on any atom is 0.137 e. The highest BCUT2D eigenvalue weighted by Crippen LogP contribution is 2.25. The van der Waals surface area contributed by atoms with Gasteiger partial charge in [-0.25, -0.2) is 4.39 Å². The molecular formula is C15H17ClFN3O. The van der Waals surface area contributed by atoms with E-state index in [1.165, 1.54) is 12.1 Å². The zero-order valence-electron chi connectivity index (χ0n) is 11.6. The van der Waals surface area contributed by atoms with Gasteiger partial charge in [-0.05, 0) is 42.7 Å². The molecule has 0 radical (unpaired) electrons. The summed E-state index contributed by atoms with van der Waals surface area (Å²) in [6, 6.07) is 6.00. The second-order valence-electron chi connectivity index (χ2n) is 4.55. The summed E-state index contributed by atoms with van der Waals surface area (Å²) in [6.07, 6.45) is 3.88. The number of hydrogen-bond acceptors (Lipinski definition) is 4. The lowest BCUT2D eigenvalue weighted by atomic mass is 10.0. The molecule has 4 nitrogen and oxygen atoms in total. The molecule has 0 fully saturated rings. The molecule has 1 aromatic heterocycles. The van der Waals surface area contributed by atoms with Gasteiger partial charge in [-0.2, -0.15) is 0 Å². The largest absolute Gasteiger partial charge is 0.492 e. The summed E-state index contributed by atoms with van der Waals surface area (Å²) in [5.41, 5.74) is 4.42. The number of rotatable bonds is 6. The van der Waals surface area contributed by atoms with Crippen LogP contribution in [0.25, 0.3) is 0 Å². The molecule has 1 atom stereocenters. The van der Waals surface area contributed by atoms with Crippen molar-refractivity contribution >= 4 is 11.6 Å². The first-order valence-corrected chi connectivity index (χ1v) is 6.99. The third kappa shape index (κ3) is 4.14. The molecular weight excluding hydrogens is 293 g/mol. The number of aromatic nitrogens is 1. The zero-order chi connectivity index (χ0) is 15.2. The van der Waals surface area contributed by atoms with Gasteiger partial charge in [-0.15, -0.1) is 0 Å². The van der Waals surface area contributed by atoms with Crippen LogP contribution < -0.4 is 16.0 Å². The minimum absolute atomic E-state index is 0.194. The molecule has 21 heavy (non-hydrogen) atoms. The quantitative estimate of drug-likeness (QED) is 0.636. The summed E-state index contributed by atoms with van der Waals surface area (Å²) < 4.78 is 18.5. The highest BCUT2D eigenvalue weighted by molar-refractivity contribution is 6.31. The molecule has 0 bridgehead atoms. The number of hydrazine groups is 1. The van der Waals surface area contributed by atoms with Crippen LogP contribution in [-0.2, 0) is 6.42 Å². The summed E-state index contributed by atoms with van der Waals surface area (Å²) >= 11 is 6.05. The molecule has 0 saturated carbocycles. The normalized spacial score (nSPS) is 12.2. The molecule has 112 valence electrons. The van der Waals surface area contributed by atoms with E-state index in [0.29, 0.717) is 23.8 Å². The molecule has 0 aliphatic carbocycles. The molecule has 2 rings (SSSR count). The number of pyridine rings is 1. The van der Waals surface area contributed by atoms with E-state index in [4.69, 9.17) is 22.2 Å². The van der Waals surface area contributed by atoms with E-state index in [1.54, 1.807) is 18.5 Å². The molecule has 0 amide bonds. The first kappa shape index (κ1) is 15.7. The van der Waals surface area contributed by atoms with Crippen LogP contribution in [0.1, 0.15) is 24.1 Å². The molecule has 3 N–H and O–H groups in total. The van der Waals surface area contributed by atoms with Gasteiger partial charge in [0.25, 0.3) is 0 Å². The Labute approximate surface area is 128 Å². The van der Waals surface area contributed by atoms with E-state index >= 15 is 0 Å². The Morgan fingerprint density at radius 2 is 2.19 bits per heavy atom. The van der Waals surface area contributed by atoms with E-state index in [0.717, 1.165) is 11.1 Å². The molecule has 1 aromatic carbocycles. The van der Waals surface area contributed by atoms with Crippen molar-refractivity contribution in [1.29, 1.82) is 0 Å². The van der Waals surface area contributed by atoms with Crippen LogP contribution in [-0.4, -0.2) is 11.6 Å². The number of ether oxygens (including phenoxy) is 1. The average molecular weight is 310 g/mol. The van der Waals surface area contributed by atoms with E-state index in [-0.39, 0.29) is 11.9 Å². The summed E-state index contributed by atoms with van der Waals surface area (Å²) in [6.45, 7) is 2.47. The summed E-state index contributed by atoms with van der Waals surface area (Å²) in [7, 11) is 0. The minimum Gasteiger partial charge on any atom is -0.492 e. The van der Waals surface area contributed by atoms with Gasteiger partial charge in [0.1, 0.15) is 11.6 Å². The molecule has 0 aliphatic rings. The Morgan fingerprint density at radius 1 is 1.38 bits per heavy atom. The maximum absolute atomic E-state index is 13.1. The highest BCUT2D eigenvalue weighted by Gasteiger charge is 2.14. The van der Waals surface area contributed by atoms with Gasteiger partial charge in [-0.3, -0.25) is 16.3 Å². The Morgan fingerprint density at radius 3 is 2.86 bits per heavy atom. The Kier molecular flexibility index (Phi) is 5.50. The fourth-order valence-corrected chi connectivity index (χ4v) is 2.30. The molecule has 1 unspecified atom stereocenters. The Balaban J connectivity index is 2.21. The number of nitrogens with zero attached hydrogens (tertiary/aromatic N) is 1. The molecule has 0 saturated heterocycles. The van der Waals surface area contributed by atoms with Crippen LogP contribution in [0.15, 0.2) is 36.7 Å². The first-order valence-electron chi connectivity index (χ1n) is 6.61. The lowest BCUT2D eigenvalue weighted by Gasteiger charge is -2.17. The third-order valence-corrected chi connectivity index (χ3v) is 3.44. The minimum atomic E-state index is -0.360. The van der Waals surface area contributed by atoms with Crippen molar-refractivity contribution < 1.29 is 9.13 Å². The van der Waals surface area contributed by atoms with Crippen molar-refractivity contribution in [2.75, 3.05) is 6.61 Å². The van der Waals surface area contributed by atoms with E-state index < -0.39 is 0 Å². The lowest BCUT2D eigenvalue weighted by Crippen LogP contribution is -2.29. The van der Waals surface area contributed by atoms with Crippen molar-refractivity contribution in [3.63, 3.8) is 0 Å². The average Bonchev–Trinajstić information content (AvgIpc) is 2.47. The van der Waals surface area contributed by atoms with Gasteiger partial charge in [0.2, 0.25) is 0 Å². The van der Waals surface area contributed by atoms with E-state index in [1.807, 2.05) is 13.0 Å². The van der Waals surface area contributed by atoms with Crippen LogP contribution in [0.2, 0.25) is 5.02 Å². The summed E-state index contributed by atoms with van der Waals surface area (Å²) in [5.74, 6) is 5.94. The molecule has 0 aliphatic heterocycles. The standard InChI is InChI=1S/C15H17ClFN3O/c1-2-21-13-5-11(8-19-9-13)15(20-18)6-10-3-4-12(17)7-14(10)16/h3-5,7-9,15,20H,2,6,18H2,1H3. The molecule has 1 heterocycles. The maximum atomic E-state index is 13.1. The Bertz CT molecular complexity index is 609. The SMILES string of the molecule is CCOc1cncc(C(Cc2ccc(F)cc2Cl)NN)c1. The summed E-state index contributed by atoms with van der Waals surface area (Å²) in [5, 5.41) is 0.379. The van der Waals surface area contributed by atoms with Crippen LogP contribution in [0.4, 0.5) is 4.39 Å². The Hall–Kier alpha value is -1.69. The van der Waals surface area contributed by atoms with Crippen LogP contribution in [0.5, 0.6) is 5.75 Å². The van der Waals surface area contributed by atoms with Crippen molar-refractivity contribution in [2.24, 2.45) is 5.84 Å². The fourth-order valence-electron chi connectivity index (χ4n) is 2.05. The monoisotopic (exact) mass is 309 g/mol. The van der Waals surface area contributed by atoms with Crippen molar-refractivity contribution in [3.05, 3.63) is 58.6 Å². The van der Waals surface area contributed by atoms with Crippen molar-refractivity contribution in [2.45, 2.75) is 19.4 Å². The number of hydrogen-bond donors (Lipinski definition) is 2. The topological polar surface area (TPSA) is 60.2 Å². The van der Waals surface area contributed by atoms with Gasteiger partial charge >= 0.3 is 0 Å². The third-order valence-electron chi connectivity index (χ3n) is 3.09. The number of benzene rings is 1. The highest BCUT2D eigenvalue weighted by atomic mass is 35.5. The van der Waals surface area contributed by atoms with Gasteiger partial charge in [0.05, 0.1) is 18.8 Å². The number of nitrogens with one attached hydrogen (secondary N) is 1. The number of nitrogens with two attached hydrogens (primary N) is 1. The van der Waals surface area contributed by atoms with Gasteiger partial charge in [0, 0.05) is 11.2 Å². The second kappa shape index (κ2) is 7.36. The van der Waals surface area contributed by atoms with Gasteiger partial charge in [0.15, 0.2) is 0 Å². The lowest BCUT2D eigenvalue weighted by molar-refractivity contribution is 0.338. The molecule has 2 aromatic rings. The van der Waals surface area contributed by atoms with Gasteiger partial charge < -0.3 is 4.74 Å². The van der Waals surface area contributed by atoms with Gasteiger partial charge in [-0.1, -0.05) is 17.7 Å². The predicted octanol–water partition coefficient (Wildman–Crippen LogP) is 3.02. The fraction of sp³-hybridized carbons (Fsp3) is 0.267. The summed E-state index contributed by atoms with van der Waals surface area (Å²) in [4.78, 5) is 4.14. The van der Waals surface area contributed by atoms with Crippen molar-refractivity contribution in [3.8, 4) is 5.75 Å². The van der Waals surface area contributed by atoms with Crippen LogP contribution >= 0.6 is 11.6 Å². The predicted molar refractivity (Wildman–Crippen MR) is 80.6 cm³/mol. The van der Waals surface area contributed by atoms with Crippen LogP contribution in [0, 0.1) is 5.82 Å². The van der Waals surface area contributed by atoms with E-state index in [9.17, 15) is 4.39 Å².